The largest absolute Gasteiger partial charge is 0.511 e. The van der Waals surface area contributed by atoms with Crippen LogP contribution in [0.3, 0.4) is 0 Å². The Kier molecular flexibility index (Phi) is 6.89. The maximum Gasteiger partial charge on any atom is 0.286 e. The number of fused-ring (bicyclic) bond motifs is 2. The number of aliphatic hydroxyl groups excluding tert-OH is 1. The van der Waals surface area contributed by atoms with Gasteiger partial charge in [-0.05, 0) is 42.9 Å². The lowest BCUT2D eigenvalue weighted by molar-refractivity contribution is -0.132. The molecule has 0 bridgehead atoms. The maximum atomic E-state index is 13.8. The Bertz CT molecular complexity index is 1340. The zero-order valence-corrected chi connectivity index (χ0v) is 22.7. The first-order valence-electron chi connectivity index (χ1n) is 12.1. The second kappa shape index (κ2) is 9.37. The van der Waals surface area contributed by atoms with Gasteiger partial charge in [-0.2, -0.15) is 8.42 Å². The lowest BCUT2D eigenvalue weighted by Gasteiger charge is -2.42. The van der Waals surface area contributed by atoms with Crippen molar-refractivity contribution in [3.8, 4) is 0 Å². The number of nitrogens with one attached hydrogen (secondary N) is 2. The molecule has 1 aliphatic carbocycles. The molecule has 10 nitrogen and oxygen atoms in total. The molecular weight excluding hydrogens is 504 g/mol. The molecule has 0 aromatic heterocycles. The van der Waals surface area contributed by atoms with Crippen LogP contribution < -0.4 is 10.0 Å². The average Bonchev–Trinajstić information content (AvgIpc) is 2.98. The standard InChI is InChI=1S/C24H34N4O6S2/c1-24(2,3)12-13-28-18-9-7-5-6-8-16(18)21(29)20(23(28)30)22-25-17-11-10-15(26-35(4,31)32)14-19(17)36(33,34)27-22/h10-11,14,16,18,26,29H,5-9,12-13H2,1-4H3,(H,25,27). The molecule has 3 aliphatic rings. The fourth-order valence-corrected chi connectivity index (χ4v) is 6.76. The van der Waals surface area contributed by atoms with Gasteiger partial charge in [0.2, 0.25) is 10.0 Å². The van der Waals surface area contributed by atoms with Crippen LogP contribution in [0.1, 0.15) is 59.3 Å². The van der Waals surface area contributed by atoms with Crippen molar-refractivity contribution in [3.63, 3.8) is 0 Å². The van der Waals surface area contributed by atoms with Crippen LogP contribution in [0.2, 0.25) is 0 Å². The lowest BCUT2D eigenvalue weighted by Crippen LogP contribution is -2.52. The summed E-state index contributed by atoms with van der Waals surface area (Å²) < 4.78 is 55.4. The van der Waals surface area contributed by atoms with Gasteiger partial charge < -0.3 is 15.3 Å². The van der Waals surface area contributed by atoms with Gasteiger partial charge in [-0.25, -0.2) is 8.42 Å². The number of anilines is 2. The van der Waals surface area contributed by atoms with Crippen LogP contribution in [0.25, 0.3) is 0 Å². The number of sulfonamides is 2. The molecule has 0 saturated heterocycles. The van der Waals surface area contributed by atoms with E-state index in [-0.39, 0.29) is 50.8 Å². The molecule has 1 aromatic carbocycles. The van der Waals surface area contributed by atoms with E-state index in [1.165, 1.54) is 18.2 Å². The first kappa shape index (κ1) is 26.5. The number of hydrogen-bond acceptors (Lipinski definition) is 7. The first-order valence-corrected chi connectivity index (χ1v) is 15.5. The Hall–Kier alpha value is -2.60. The fourth-order valence-electron chi connectivity index (χ4n) is 5.06. The van der Waals surface area contributed by atoms with Crippen molar-refractivity contribution in [1.82, 2.24) is 4.90 Å². The molecule has 1 aromatic rings. The van der Waals surface area contributed by atoms with Crippen molar-refractivity contribution in [1.29, 1.82) is 0 Å². The predicted molar refractivity (Wildman–Crippen MR) is 139 cm³/mol. The Labute approximate surface area is 213 Å². The van der Waals surface area contributed by atoms with Gasteiger partial charge in [0, 0.05) is 24.2 Å². The lowest BCUT2D eigenvalue weighted by atomic mass is 9.83. The number of nitrogens with zero attached hydrogens (tertiary/aromatic N) is 2. The van der Waals surface area contributed by atoms with Crippen molar-refractivity contribution < 1.29 is 26.7 Å². The maximum absolute atomic E-state index is 13.8. The summed E-state index contributed by atoms with van der Waals surface area (Å²) in [5.74, 6) is -1.04. The van der Waals surface area contributed by atoms with Crippen LogP contribution in [0.15, 0.2) is 38.8 Å². The Morgan fingerprint density at radius 3 is 2.56 bits per heavy atom. The Morgan fingerprint density at radius 2 is 1.89 bits per heavy atom. The number of amidine groups is 1. The van der Waals surface area contributed by atoms with Crippen LogP contribution >= 0.6 is 0 Å². The molecule has 4 rings (SSSR count). The van der Waals surface area contributed by atoms with E-state index in [1.54, 1.807) is 4.90 Å². The highest BCUT2D eigenvalue weighted by Crippen LogP contribution is 2.40. The summed E-state index contributed by atoms with van der Waals surface area (Å²) in [4.78, 5) is 15.3. The minimum atomic E-state index is -4.28. The van der Waals surface area contributed by atoms with Crippen molar-refractivity contribution in [2.75, 3.05) is 22.8 Å². The van der Waals surface area contributed by atoms with Gasteiger partial charge in [-0.3, -0.25) is 9.52 Å². The zero-order valence-electron chi connectivity index (χ0n) is 21.0. The van der Waals surface area contributed by atoms with Gasteiger partial charge in [0.25, 0.3) is 15.9 Å². The highest BCUT2D eigenvalue weighted by atomic mass is 32.2. The zero-order chi connectivity index (χ0) is 26.5. The summed E-state index contributed by atoms with van der Waals surface area (Å²) in [5.41, 5.74) is 0.103. The molecule has 36 heavy (non-hydrogen) atoms. The third-order valence-corrected chi connectivity index (χ3v) is 8.75. The molecule has 2 unspecified atom stereocenters. The quantitative estimate of drug-likeness (QED) is 0.519. The average molecular weight is 539 g/mol. The van der Waals surface area contributed by atoms with Crippen LogP contribution in [-0.2, 0) is 24.8 Å². The van der Waals surface area contributed by atoms with E-state index in [0.717, 1.165) is 38.4 Å². The van der Waals surface area contributed by atoms with Crippen molar-refractivity contribution in [3.05, 3.63) is 29.5 Å². The van der Waals surface area contributed by atoms with Crippen LogP contribution in [0.4, 0.5) is 11.4 Å². The van der Waals surface area contributed by atoms with Crippen molar-refractivity contribution in [2.45, 2.75) is 70.2 Å². The second-order valence-corrected chi connectivity index (χ2v) is 14.3. The summed E-state index contributed by atoms with van der Waals surface area (Å²) in [6, 6.07) is 3.86. The third kappa shape index (κ3) is 5.54. The van der Waals surface area contributed by atoms with Crippen molar-refractivity contribution >= 4 is 43.2 Å². The summed E-state index contributed by atoms with van der Waals surface area (Å²) in [7, 11) is -7.89. The normalized spacial score (nSPS) is 24.3. The number of benzene rings is 1. The van der Waals surface area contributed by atoms with Gasteiger partial charge in [0.1, 0.15) is 16.2 Å². The first-order chi connectivity index (χ1) is 16.7. The molecular formula is C24H34N4O6S2. The summed E-state index contributed by atoms with van der Waals surface area (Å²) in [6.45, 7) is 6.80. The molecule has 3 N–H and O–H groups in total. The summed E-state index contributed by atoms with van der Waals surface area (Å²) >= 11 is 0. The molecule has 198 valence electrons. The smallest absolute Gasteiger partial charge is 0.286 e. The molecule has 2 atom stereocenters. The number of rotatable bonds is 5. The van der Waals surface area contributed by atoms with E-state index in [2.05, 4.69) is 35.2 Å². The van der Waals surface area contributed by atoms with Crippen molar-refractivity contribution in [2.24, 2.45) is 15.7 Å². The summed E-state index contributed by atoms with van der Waals surface area (Å²) in [6.07, 6.45) is 6.11. The molecule has 2 aliphatic heterocycles. The van der Waals surface area contributed by atoms with E-state index >= 15 is 0 Å². The topological polar surface area (TPSA) is 145 Å². The van der Waals surface area contributed by atoms with Gasteiger partial charge in [0.15, 0.2) is 5.84 Å². The monoisotopic (exact) mass is 538 g/mol. The molecule has 1 saturated carbocycles. The van der Waals surface area contributed by atoms with E-state index in [9.17, 15) is 26.7 Å². The molecule has 2 heterocycles. The van der Waals surface area contributed by atoms with Crippen LogP contribution in [0.5, 0.6) is 0 Å². The van der Waals surface area contributed by atoms with Gasteiger partial charge in [0.05, 0.1) is 11.9 Å². The molecule has 12 heteroatoms. The summed E-state index contributed by atoms with van der Waals surface area (Å²) in [5, 5.41) is 14.2. The SMILES string of the molecule is CC(C)(C)CCN1C(=O)C(C2=NS(=O)(=O)c3cc(NS(C)(=O)=O)ccc3N2)=C(O)C2CCCCCC21. The van der Waals surface area contributed by atoms with E-state index in [1.807, 2.05) is 0 Å². The molecule has 0 spiro atoms. The Morgan fingerprint density at radius 1 is 1.19 bits per heavy atom. The number of carbonyl (C=O) groups is 1. The minimum Gasteiger partial charge on any atom is -0.511 e. The number of aliphatic hydroxyl groups is 1. The molecule has 1 amide bonds. The predicted octanol–water partition coefficient (Wildman–Crippen LogP) is 3.61. The molecule has 1 fully saturated rings. The third-order valence-electron chi connectivity index (χ3n) is 6.83. The fraction of sp³-hybridized carbons (Fsp3) is 0.583. The van der Waals surface area contributed by atoms with E-state index in [0.29, 0.717) is 13.0 Å². The highest BCUT2D eigenvalue weighted by Gasteiger charge is 2.45. The van der Waals surface area contributed by atoms with Crippen LogP contribution in [0, 0.1) is 11.3 Å². The number of amides is 1. The van der Waals surface area contributed by atoms with E-state index in [4.69, 9.17) is 0 Å². The van der Waals surface area contributed by atoms with Gasteiger partial charge in [-0.15, -0.1) is 4.40 Å². The number of hydrogen-bond donors (Lipinski definition) is 3. The minimum absolute atomic E-state index is 0.00945. The van der Waals surface area contributed by atoms with Gasteiger partial charge in [-0.1, -0.05) is 40.0 Å². The second-order valence-electron chi connectivity index (χ2n) is 11.0. The van der Waals surface area contributed by atoms with E-state index < -0.39 is 26.0 Å². The molecule has 0 radical (unpaired) electrons. The van der Waals surface area contributed by atoms with Gasteiger partial charge >= 0.3 is 0 Å². The highest BCUT2D eigenvalue weighted by molar-refractivity contribution is 7.92. The number of carbonyl (C=O) groups excluding carboxylic acids is 1. The van der Waals surface area contributed by atoms with Crippen LogP contribution in [-0.4, -0.2) is 57.4 Å². The Balaban J connectivity index is 1.75.